The maximum atomic E-state index is 12.4. The first kappa shape index (κ1) is 15.8. The highest BCUT2D eigenvalue weighted by Gasteiger charge is 2.26. The number of hydrogen-bond acceptors (Lipinski definition) is 3. The van der Waals surface area contributed by atoms with Gasteiger partial charge >= 0.3 is 0 Å². The fraction of sp³-hybridized carbons (Fsp3) is 0.588. The van der Waals surface area contributed by atoms with Crippen LogP contribution < -0.4 is 15.4 Å². The third kappa shape index (κ3) is 4.21. The lowest BCUT2D eigenvalue weighted by Gasteiger charge is -2.29. The predicted molar refractivity (Wildman–Crippen MR) is 84.4 cm³/mol. The van der Waals surface area contributed by atoms with Crippen LogP contribution in [0.25, 0.3) is 0 Å². The molecule has 1 heterocycles. The van der Waals surface area contributed by atoms with E-state index in [1.165, 1.54) is 0 Å². The molecule has 2 rings (SSSR count). The number of benzene rings is 1. The van der Waals surface area contributed by atoms with E-state index in [0.717, 1.165) is 37.1 Å². The lowest BCUT2D eigenvalue weighted by Crippen LogP contribution is -2.43. The molecule has 0 bridgehead atoms. The molecule has 3 atom stereocenters. The Kier molecular flexibility index (Phi) is 5.62. The van der Waals surface area contributed by atoms with Crippen molar-refractivity contribution >= 4 is 5.91 Å². The zero-order chi connectivity index (χ0) is 15.2. The molecule has 2 N–H and O–H groups in total. The molecule has 0 aromatic heterocycles. The fourth-order valence-electron chi connectivity index (χ4n) is 2.92. The summed E-state index contributed by atoms with van der Waals surface area (Å²) >= 11 is 0. The van der Waals surface area contributed by atoms with E-state index in [2.05, 4.69) is 24.5 Å². The Morgan fingerprint density at radius 1 is 1.43 bits per heavy atom. The Labute approximate surface area is 127 Å². The summed E-state index contributed by atoms with van der Waals surface area (Å²) in [6, 6.07) is 8.44. The largest absolute Gasteiger partial charge is 0.497 e. The monoisotopic (exact) mass is 290 g/mol. The lowest BCUT2D eigenvalue weighted by atomic mass is 9.91. The molecular formula is C17H26N2O2. The summed E-state index contributed by atoms with van der Waals surface area (Å²) in [6.45, 7) is 5.17. The van der Waals surface area contributed by atoms with E-state index >= 15 is 0 Å². The van der Waals surface area contributed by atoms with Gasteiger partial charge in [-0.2, -0.15) is 0 Å². The number of carbonyl (C=O) groups excluding carboxylic acids is 1. The van der Waals surface area contributed by atoms with Gasteiger partial charge in [-0.3, -0.25) is 4.79 Å². The summed E-state index contributed by atoms with van der Waals surface area (Å²) in [5, 5.41) is 6.59. The number of piperidine rings is 1. The molecule has 0 spiro atoms. The molecule has 0 aliphatic carbocycles. The van der Waals surface area contributed by atoms with Crippen LogP contribution in [0.15, 0.2) is 24.3 Å². The first-order chi connectivity index (χ1) is 10.1. The lowest BCUT2D eigenvalue weighted by molar-refractivity contribution is -0.126. The second kappa shape index (κ2) is 7.46. The molecule has 1 amide bonds. The summed E-state index contributed by atoms with van der Waals surface area (Å²) in [5.74, 6) is 1.16. The standard InChI is InChI=1S/C17H26N2O2/c1-4-16(13-5-7-15(21-3)8-6-13)19-17(20)14-9-10-18-12(2)11-14/h5-8,12,14,16,18H,4,9-11H2,1-3H3,(H,19,20)/t12-,14-,16?/m0/s1. The SMILES string of the molecule is CCC(NC(=O)[C@H]1CCN[C@@H](C)C1)c1ccc(OC)cc1. The van der Waals surface area contributed by atoms with Gasteiger partial charge in [-0.15, -0.1) is 0 Å². The van der Waals surface area contributed by atoms with E-state index in [1.54, 1.807) is 7.11 Å². The van der Waals surface area contributed by atoms with Gasteiger partial charge in [0.1, 0.15) is 5.75 Å². The summed E-state index contributed by atoms with van der Waals surface area (Å²) in [7, 11) is 1.66. The minimum absolute atomic E-state index is 0.0774. The van der Waals surface area contributed by atoms with E-state index < -0.39 is 0 Å². The topological polar surface area (TPSA) is 50.4 Å². The Hall–Kier alpha value is -1.55. The van der Waals surface area contributed by atoms with Crippen molar-refractivity contribution < 1.29 is 9.53 Å². The number of methoxy groups -OCH3 is 1. The van der Waals surface area contributed by atoms with Gasteiger partial charge in [0.15, 0.2) is 0 Å². The van der Waals surface area contributed by atoms with Crippen LogP contribution in [0.2, 0.25) is 0 Å². The van der Waals surface area contributed by atoms with Gasteiger partial charge in [0.05, 0.1) is 13.2 Å². The van der Waals surface area contributed by atoms with E-state index in [0.29, 0.717) is 6.04 Å². The highest BCUT2D eigenvalue weighted by Crippen LogP contribution is 2.22. The zero-order valence-electron chi connectivity index (χ0n) is 13.2. The Balaban J connectivity index is 1.98. The second-order valence-electron chi connectivity index (χ2n) is 5.82. The molecule has 4 nitrogen and oxygen atoms in total. The van der Waals surface area contributed by atoms with Crippen LogP contribution >= 0.6 is 0 Å². The first-order valence-electron chi connectivity index (χ1n) is 7.81. The van der Waals surface area contributed by atoms with Gasteiger partial charge in [-0.1, -0.05) is 19.1 Å². The van der Waals surface area contributed by atoms with Gasteiger partial charge in [0, 0.05) is 12.0 Å². The highest BCUT2D eigenvalue weighted by atomic mass is 16.5. The molecule has 1 aliphatic rings. The van der Waals surface area contributed by atoms with Crippen LogP contribution in [0.3, 0.4) is 0 Å². The fourth-order valence-corrected chi connectivity index (χ4v) is 2.92. The van der Waals surface area contributed by atoms with Gasteiger partial charge < -0.3 is 15.4 Å². The average Bonchev–Trinajstić information content (AvgIpc) is 2.52. The highest BCUT2D eigenvalue weighted by molar-refractivity contribution is 5.79. The maximum absolute atomic E-state index is 12.4. The van der Waals surface area contributed by atoms with Crippen molar-refractivity contribution in [3.63, 3.8) is 0 Å². The molecule has 0 saturated carbocycles. The Morgan fingerprint density at radius 2 is 2.14 bits per heavy atom. The number of rotatable bonds is 5. The van der Waals surface area contributed by atoms with Crippen molar-refractivity contribution in [3.05, 3.63) is 29.8 Å². The summed E-state index contributed by atoms with van der Waals surface area (Å²) in [6.07, 6.45) is 2.73. The van der Waals surface area contributed by atoms with Crippen LogP contribution in [-0.2, 0) is 4.79 Å². The second-order valence-corrected chi connectivity index (χ2v) is 5.82. The van der Waals surface area contributed by atoms with Gasteiger partial charge in [-0.25, -0.2) is 0 Å². The van der Waals surface area contributed by atoms with E-state index in [1.807, 2.05) is 24.3 Å². The van der Waals surface area contributed by atoms with Crippen molar-refractivity contribution in [3.8, 4) is 5.75 Å². The van der Waals surface area contributed by atoms with Crippen molar-refractivity contribution in [2.75, 3.05) is 13.7 Å². The van der Waals surface area contributed by atoms with Crippen LogP contribution in [-0.4, -0.2) is 25.6 Å². The molecule has 1 unspecified atom stereocenters. The molecule has 21 heavy (non-hydrogen) atoms. The van der Waals surface area contributed by atoms with Gasteiger partial charge in [-0.05, 0) is 50.4 Å². The molecule has 1 aliphatic heterocycles. The van der Waals surface area contributed by atoms with E-state index in [4.69, 9.17) is 4.74 Å². The minimum Gasteiger partial charge on any atom is -0.497 e. The van der Waals surface area contributed by atoms with Crippen molar-refractivity contribution in [2.24, 2.45) is 5.92 Å². The summed E-state index contributed by atoms with van der Waals surface area (Å²) in [4.78, 5) is 12.4. The molecule has 0 radical (unpaired) electrons. The quantitative estimate of drug-likeness (QED) is 0.876. The molecular weight excluding hydrogens is 264 g/mol. The number of ether oxygens (including phenoxy) is 1. The summed E-state index contributed by atoms with van der Waals surface area (Å²) < 4.78 is 5.18. The number of hydrogen-bond donors (Lipinski definition) is 2. The third-order valence-corrected chi connectivity index (χ3v) is 4.24. The van der Waals surface area contributed by atoms with Crippen LogP contribution in [0.5, 0.6) is 5.75 Å². The molecule has 4 heteroatoms. The van der Waals surface area contributed by atoms with Crippen LogP contribution in [0.4, 0.5) is 0 Å². The summed E-state index contributed by atoms with van der Waals surface area (Å²) in [5.41, 5.74) is 1.13. The molecule has 1 saturated heterocycles. The molecule has 116 valence electrons. The third-order valence-electron chi connectivity index (χ3n) is 4.24. The maximum Gasteiger partial charge on any atom is 0.223 e. The van der Waals surface area contributed by atoms with E-state index in [9.17, 15) is 4.79 Å². The van der Waals surface area contributed by atoms with Crippen molar-refractivity contribution in [1.29, 1.82) is 0 Å². The normalized spacial score (nSPS) is 23.4. The Morgan fingerprint density at radius 3 is 2.71 bits per heavy atom. The van der Waals surface area contributed by atoms with Crippen LogP contribution in [0, 0.1) is 5.92 Å². The Bertz CT molecular complexity index is 458. The average molecular weight is 290 g/mol. The zero-order valence-corrected chi connectivity index (χ0v) is 13.2. The van der Waals surface area contributed by atoms with Crippen LogP contribution in [0.1, 0.15) is 44.7 Å². The van der Waals surface area contributed by atoms with E-state index in [-0.39, 0.29) is 17.9 Å². The van der Waals surface area contributed by atoms with Crippen molar-refractivity contribution in [1.82, 2.24) is 10.6 Å². The minimum atomic E-state index is 0.0774. The van der Waals surface area contributed by atoms with Gasteiger partial charge in [0.25, 0.3) is 0 Å². The van der Waals surface area contributed by atoms with Gasteiger partial charge in [0.2, 0.25) is 5.91 Å². The number of carbonyl (C=O) groups is 1. The van der Waals surface area contributed by atoms with Crippen molar-refractivity contribution in [2.45, 2.75) is 45.2 Å². The first-order valence-corrected chi connectivity index (χ1v) is 7.81. The predicted octanol–water partition coefficient (Wildman–Crippen LogP) is 2.65. The smallest absolute Gasteiger partial charge is 0.223 e. The number of nitrogens with one attached hydrogen (secondary N) is 2. The molecule has 1 aromatic rings. The molecule has 1 fully saturated rings. The molecule has 1 aromatic carbocycles. The number of amides is 1.